The van der Waals surface area contributed by atoms with Crippen LogP contribution in [-0.4, -0.2) is 47.8 Å². The molecule has 49 heavy (non-hydrogen) atoms. The van der Waals surface area contributed by atoms with Gasteiger partial charge in [0.15, 0.2) is 5.76 Å². The number of hydrogen-bond acceptors (Lipinski definition) is 6. The number of aryl methyl sites for hydroxylation is 1. The van der Waals surface area contributed by atoms with Gasteiger partial charge in [0.25, 0.3) is 0 Å². The third-order valence-corrected chi connectivity index (χ3v) is 10.8. The van der Waals surface area contributed by atoms with Gasteiger partial charge in [0.2, 0.25) is 5.91 Å². The van der Waals surface area contributed by atoms with E-state index in [-0.39, 0.29) is 52.7 Å². The van der Waals surface area contributed by atoms with E-state index in [9.17, 15) is 13.6 Å². The Balaban J connectivity index is 1.05. The number of nitrogens with one attached hydrogen (secondary N) is 1. The minimum atomic E-state index is -0.742. The molecule has 3 fully saturated rings. The summed E-state index contributed by atoms with van der Waals surface area (Å²) in [4.78, 5) is 16.7. The molecule has 3 aliphatic rings. The Kier molecular flexibility index (Phi) is 10.2. The summed E-state index contributed by atoms with van der Waals surface area (Å²) in [5.41, 5.74) is 3.23. The lowest BCUT2D eigenvalue weighted by Crippen LogP contribution is -2.52. The van der Waals surface area contributed by atoms with Crippen molar-refractivity contribution in [2.45, 2.75) is 82.1 Å². The summed E-state index contributed by atoms with van der Waals surface area (Å²) in [6.45, 7) is 1.24. The van der Waals surface area contributed by atoms with Crippen molar-refractivity contribution >= 4 is 29.1 Å². The van der Waals surface area contributed by atoms with Gasteiger partial charge in [-0.05, 0) is 97.9 Å². The molecule has 1 aromatic heterocycles. The van der Waals surface area contributed by atoms with Crippen molar-refractivity contribution in [1.29, 1.82) is 0 Å². The van der Waals surface area contributed by atoms with Crippen LogP contribution < -0.4 is 10.1 Å². The average molecular weight is 711 g/mol. The van der Waals surface area contributed by atoms with Gasteiger partial charge in [0.1, 0.15) is 29.7 Å². The molecule has 1 N–H and O–H groups in total. The molecule has 0 radical (unpaired) electrons. The Morgan fingerprint density at radius 3 is 2.59 bits per heavy atom. The highest BCUT2D eigenvalue weighted by Gasteiger charge is 2.48. The lowest BCUT2D eigenvalue weighted by Gasteiger charge is -2.40. The molecule has 0 unspecified atom stereocenters. The summed E-state index contributed by atoms with van der Waals surface area (Å²) in [5.74, 6) is -0.414. The van der Waals surface area contributed by atoms with Crippen molar-refractivity contribution in [2.24, 2.45) is 5.92 Å². The Hall–Kier alpha value is -3.50. The third-order valence-electron chi connectivity index (χ3n) is 10.1. The number of carbonyl (C=O) groups excluding carboxylic acids is 1. The number of carbonyl (C=O) groups is 1. The van der Waals surface area contributed by atoms with Crippen LogP contribution in [0.25, 0.3) is 11.3 Å². The average Bonchev–Trinajstić information content (AvgIpc) is 3.73. The summed E-state index contributed by atoms with van der Waals surface area (Å²) in [6.07, 6.45) is 6.79. The molecule has 1 amide bonds. The van der Waals surface area contributed by atoms with E-state index < -0.39 is 11.6 Å². The van der Waals surface area contributed by atoms with E-state index in [0.717, 1.165) is 68.2 Å². The minimum absolute atomic E-state index is 0.0337. The fourth-order valence-electron chi connectivity index (χ4n) is 7.44. The number of hydrogen-bond donors (Lipinski definition) is 1. The summed E-state index contributed by atoms with van der Waals surface area (Å²) >= 11 is 12.7. The molecule has 11 heteroatoms. The monoisotopic (exact) mass is 709 g/mol. The van der Waals surface area contributed by atoms with E-state index in [1.807, 2.05) is 30.3 Å². The summed E-state index contributed by atoms with van der Waals surface area (Å²) in [5, 5.41) is 7.94. The van der Waals surface area contributed by atoms with Gasteiger partial charge in [0.05, 0.1) is 16.5 Å². The van der Waals surface area contributed by atoms with Gasteiger partial charge in [-0.25, -0.2) is 8.78 Å². The Morgan fingerprint density at radius 2 is 1.82 bits per heavy atom. The van der Waals surface area contributed by atoms with Crippen molar-refractivity contribution in [3.63, 3.8) is 0 Å². The number of benzene rings is 3. The van der Waals surface area contributed by atoms with Gasteiger partial charge in [-0.3, -0.25) is 4.79 Å². The van der Waals surface area contributed by atoms with E-state index >= 15 is 0 Å². The number of rotatable bonds is 13. The van der Waals surface area contributed by atoms with Crippen LogP contribution in [0.3, 0.4) is 0 Å². The zero-order chi connectivity index (χ0) is 34.1. The second-order valence-corrected chi connectivity index (χ2v) is 14.2. The predicted molar refractivity (Wildman–Crippen MR) is 184 cm³/mol. The van der Waals surface area contributed by atoms with Gasteiger partial charge in [-0.15, -0.1) is 0 Å². The van der Waals surface area contributed by atoms with Gasteiger partial charge >= 0.3 is 0 Å². The Bertz CT molecular complexity index is 1800. The Labute approximate surface area is 294 Å². The van der Waals surface area contributed by atoms with E-state index in [0.29, 0.717) is 35.7 Å². The second kappa shape index (κ2) is 14.8. The maximum atomic E-state index is 14.6. The minimum Gasteiger partial charge on any atom is -0.486 e. The van der Waals surface area contributed by atoms with Crippen LogP contribution in [0.4, 0.5) is 8.78 Å². The normalized spacial score (nSPS) is 21.6. The SMILES string of the molecule is COCCCc1ccc(Cl)c(CN(C(=O)[C@@H]2[C@@H](c3ccc(OCc4cc(-c5c(F)ccc(F)c5Cl)no4)cc3)C[C@@H]3CC[C@H]2N3)C2CC2)c1. The van der Waals surface area contributed by atoms with Gasteiger partial charge < -0.3 is 24.2 Å². The molecule has 1 aliphatic carbocycles. The van der Waals surface area contributed by atoms with Crippen LogP contribution in [0.15, 0.2) is 65.2 Å². The zero-order valence-corrected chi connectivity index (χ0v) is 28.8. The third kappa shape index (κ3) is 7.50. The van der Waals surface area contributed by atoms with Crippen LogP contribution in [-0.2, 0) is 29.1 Å². The standard InChI is InChI=1S/C38H39Cl2F2N3O4/c1-47-16-2-3-22-4-12-30(39)24(17-22)20-45(26-8-9-26)38(46)35-29(18-25-7-15-33(35)43-25)23-5-10-27(11-6-23)48-21-28-19-34(44-49-28)36-31(41)13-14-32(42)37(36)40/h4-6,10-14,17,19,25-26,29,33,35,43H,2-3,7-9,15-16,18,20-21H2,1H3/t25-,29+,33+,35+/m0/s1. The molecule has 0 spiro atoms. The molecular formula is C38H39Cl2F2N3O4. The highest BCUT2D eigenvalue weighted by molar-refractivity contribution is 6.33. The molecular weight excluding hydrogens is 671 g/mol. The molecule has 7 rings (SSSR count). The van der Waals surface area contributed by atoms with Gasteiger partial charge in [-0.1, -0.05) is 52.6 Å². The lowest BCUT2D eigenvalue weighted by molar-refractivity contribution is -0.139. The van der Waals surface area contributed by atoms with Gasteiger partial charge in [-0.2, -0.15) is 0 Å². The lowest BCUT2D eigenvalue weighted by atomic mass is 9.76. The number of methoxy groups -OCH3 is 1. The zero-order valence-electron chi connectivity index (χ0n) is 27.3. The predicted octanol–water partition coefficient (Wildman–Crippen LogP) is 8.50. The molecule has 4 aromatic rings. The summed E-state index contributed by atoms with van der Waals surface area (Å²) in [6, 6.07) is 18.2. The fourth-order valence-corrected chi connectivity index (χ4v) is 7.87. The smallest absolute Gasteiger partial charge is 0.228 e. The highest BCUT2D eigenvalue weighted by atomic mass is 35.5. The van der Waals surface area contributed by atoms with Crippen LogP contribution in [0, 0.1) is 17.6 Å². The van der Waals surface area contributed by atoms with Crippen molar-refractivity contribution in [3.05, 3.63) is 105 Å². The highest BCUT2D eigenvalue weighted by Crippen LogP contribution is 2.45. The van der Waals surface area contributed by atoms with Crippen LogP contribution in [0.2, 0.25) is 10.0 Å². The Morgan fingerprint density at radius 1 is 1.02 bits per heavy atom. The second-order valence-electron chi connectivity index (χ2n) is 13.4. The molecule has 2 bridgehead atoms. The fraction of sp³-hybridized carbons (Fsp3) is 0.421. The van der Waals surface area contributed by atoms with Crippen molar-refractivity contribution in [3.8, 4) is 17.0 Å². The van der Waals surface area contributed by atoms with E-state index in [4.69, 9.17) is 37.2 Å². The van der Waals surface area contributed by atoms with E-state index in [1.54, 1.807) is 7.11 Å². The number of piperidine rings is 1. The van der Waals surface area contributed by atoms with Crippen LogP contribution >= 0.6 is 23.2 Å². The first-order valence-corrected chi connectivity index (χ1v) is 17.7. The molecule has 7 nitrogen and oxygen atoms in total. The summed E-state index contributed by atoms with van der Waals surface area (Å²) in [7, 11) is 1.71. The number of nitrogens with zero attached hydrogens (tertiary/aromatic N) is 2. The number of halogens is 4. The molecule has 4 atom stereocenters. The molecule has 1 saturated carbocycles. The van der Waals surface area contributed by atoms with E-state index in [2.05, 4.69) is 27.5 Å². The van der Waals surface area contributed by atoms with E-state index in [1.165, 1.54) is 11.6 Å². The molecule has 2 aliphatic heterocycles. The number of ether oxygens (including phenoxy) is 2. The number of aromatic nitrogens is 1. The van der Waals surface area contributed by atoms with Crippen molar-refractivity contribution in [1.82, 2.24) is 15.4 Å². The summed E-state index contributed by atoms with van der Waals surface area (Å²) < 4.78 is 44.8. The van der Waals surface area contributed by atoms with Gasteiger partial charge in [0, 0.05) is 49.5 Å². The first-order chi connectivity index (χ1) is 23.8. The van der Waals surface area contributed by atoms with Crippen molar-refractivity contribution < 1.29 is 27.6 Å². The maximum absolute atomic E-state index is 14.6. The van der Waals surface area contributed by atoms with Crippen LogP contribution in [0.1, 0.15) is 66.9 Å². The first kappa shape index (κ1) is 34.0. The van der Waals surface area contributed by atoms with Crippen molar-refractivity contribution in [2.75, 3.05) is 13.7 Å². The molecule has 2 saturated heterocycles. The number of amides is 1. The molecule has 3 aromatic carbocycles. The quantitative estimate of drug-likeness (QED) is 0.111. The molecule has 258 valence electrons. The number of fused-ring (bicyclic) bond motifs is 2. The first-order valence-electron chi connectivity index (χ1n) is 16.9. The topological polar surface area (TPSA) is 76.8 Å². The maximum Gasteiger partial charge on any atom is 0.228 e. The van der Waals surface area contributed by atoms with Crippen LogP contribution in [0.5, 0.6) is 5.75 Å². The molecule has 3 heterocycles. The largest absolute Gasteiger partial charge is 0.486 e.